The number of esters is 3. The highest BCUT2D eigenvalue weighted by Gasteiger charge is 2.19. The lowest BCUT2D eigenvalue weighted by atomic mass is 10.1. The second-order valence-electron chi connectivity index (χ2n) is 17.7. The maximum Gasteiger partial charge on any atom is 0.306 e. The average Bonchev–Trinajstić information content (AvgIpc) is 3.31. The highest BCUT2D eigenvalue weighted by molar-refractivity contribution is 5.71. The van der Waals surface area contributed by atoms with Gasteiger partial charge >= 0.3 is 17.9 Å². The zero-order valence-electron chi connectivity index (χ0n) is 42.9. The molecule has 0 fully saturated rings. The van der Waals surface area contributed by atoms with Crippen LogP contribution in [0.15, 0.2) is 97.2 Å². The van der Waals surface area contributed by atoms with Crippen LogP contribution in [0.25, 0.3) is 0 Å². The first kappa shape index (κ1) is 62.3. The van der Waals surface area contributed by atoms with Gasteiger partial charge in [0.15, 0.2) is 6.10 Å². The first-order valence-corrected chi connectivity index (χ1v) is 27.2. The van der Waals surface area contributed by atoms with Gasteiger partial charge in [-0.15, -0.1) is 0 Å². The first-order chi connectivity index (χ1) is 32.5. The summed E-state index contributed by atoms with van der Waals surface area (Å²) in [6.07, 6.45) is 71.2. The van der Waals surface area contributed by atoms with Crippen molar-refractivity contribution >= 4 is 17.9 Å². The Hall–Kier alpha value is -3.67. The molecular formula is C60H100O6. The van der Waals surface area contributed by atoms with Crippen LogP contribution in [0, 0.1) is 0 Å². The minimum Gasteiger partial charge on any atom is -0.462 e. The van der Waals surface area contributed by atoms with E-state index in [1.54, 1.807) is 0 Å². The van der Waals surface area contributed by atoms with E-state index < -0.39 is 6.10 Å². The van der Waals surface area contributed by atoms with Crippen LogP contribution in [-0.2, 0) is 28.6 Å². The standard InChI is InChI=1S/C60H100O6/c1-4-7-10-13-16-19-22-24-26-28-30-32-33-35-38-41-44-47-50-53-59(62)65-56-57(55-64-58(61)52-49-46-43-40-37-21-18-15-12-9-6-3)66-60(63)54-51-48-45-42-39-36-34-31-29-27-25-23-20-17-14-11-8-5-2/h7,10,15-16,18-19,24,26,30-32,34-35,38,44,47,57H,4-6,8-9,11-14,17,20-23,25,27-29,33,36-37,39-43,45-46,48-56H2,1-3H3/b10-7-,18-15-,19-16-,26-24-,32-30-,34-31-,38-35-,47-44-. The Morgan fingerprint density at radius 3 is 1.06 bits per heavy atom. The zero-order chi connectivity index (χ0) is 47.9. The summed E-state index contributed by atoms with van der Waals surface area (Å²) in [6, 6.07) is 0. The van der Waals surface area contributed by atoms with Gasteiger partial charge in [-0.05, 0) is 103 Å². The summed E-state index contributed by atoms with van der Waals surface area (Å²) in [5.74, 6) is -1.02. The third-order valence-corrected chi connectivity index (χ3v) is 11.3. The summed E-state index contributed by atoms with van der Waals surface area (Å²) in [6.45, 7) is 6.41. The summed E-state index contributed by atoms with van der Waals surface area (Å²) >= 11 is 0. The van der Waals surface area contributed by atoms with Gasteiger partial charge in [-0.25, -0.2) is 0 Å². The van der Waals surface area contributed by atoms with Crippen LogP contribution >= 0.6 is 0 Å². The van der Waals surface area contributed by atoms with E-state index in [-0.39, 0.29) is 37.5 Å². The Morgan fingerprint density at radius 2 is 0.636 bits per heavy atom. The predicted molar refractivity (Wildman–Crippen MR) is 284 cm³/mol. The summed E-state index contributed by atoms with van der Waals surface area (Å²) in [7, 11) is 0. The molecule has 0 radical (unpaired) electrons. The van der Waals surface area contributed by atoms with Gasteiger partial charge in [0.25, 0.3) is 0 Å². The van der Waals surface area contributed by atoms with Crippen molar-refractivity contribution in [1.29, 1.82) is 0 Å². The molecule has 0 amide bonds. The Labute approximate surface area is 407 Å². The lowest BCUT2D eigenvalue weighted by molar-refractivity contribution is -0.166. The van der Waals surface area contributed by atoms with Crippen molar-refractivity contribution in [2.75, 3.05) is 13.2 Å². The SMILES string of the molecule is CC/C=C\C/C=C\C/C=C\C/C=C\C/C=C\C/C=C\CCC(=O)OCC(COC(=O)CCCCCCC/C=C\CCCC)OC(=O)CCCCCCC/C=C\CCCCCCCCCCC. The highest BCUT2D eigenvalue weighted by Crippen LogP contribution is 2.14. The van der Waals surface area contributed by atoms with Crippen molar-refractivity contribution in [1.82, 2.24) is 0 Å². The quantitative estimate of drug-likeness (QED) is 0.0262. The Kier molecular flexibility index (Phi) is 50.9. The maximum absolute atomic E-state index is 12.8. The van der Waals surface area contributed by atoms with Gasteiger partial charge in [-0.1, -0.05) is 221 Å². The smallest absolute Gasteiger partial charge is 0.306 e. The van der Waals surface area contributed by atoms with E-state index in [1.165, 1.54) is 96.3 Å². The fourth-order valence-electron chi connectivity index (χ4n) is 7.21. The van der Waals surface area contributed by atoms with Gasteiger partial charge in [-0.3, -0.25) is 14.4 Å². The topological polar surface area (TPSA) is 78.9 Å². The van der Waals surface area contributed by atoms with Crippen molar-refractivity contribution in [2.24, 2.45) is 0 Å². The Morgan fingerprint density at radius 1 is 0.318 bits per heavy atom. The summed E-state index contributed by atoms with van der Waals surface area (Å²) in [5, 5.41) is 0. The second kappa shape index (κ2) is 53.9. The van der Waals surface area contributed by atoms with Crippen LogP contribution in [-0.4, -0.2) is 37.2 Å². The molecule has 0 saturated carbocycles. The van der Waals surface area contributed by atoms with Gasteiger partial charge in [0.2, 0.25) is 0 Å². The molecule has 0 bridgehead atoms. The molecule has 0 aromatic heterocycles. The van der Waals surface area contributed by atoms with Crippen LogP contribution in [0.5, 0.6) is 0 Å². The molecule has 0 aromatic rings. The third-order valence-electron chi connectivity index (χ3n) is 11.3. The molecule has 6 nitrogen and oxygen atoms in total. The highest BCUT2D eigenvalue weighted by atomic mass is 16.6. The van der Waals surface area contributed by atoms with Crippen molar-refractivity contribution in [3.8, 4) is 0 Å². The largest absolute Gasteiger partial charge is 0.462 e. The van der Waals surface area contributed by atoms with Gasteiger partial charge in [0.05, 0.1) is 0 Å². The minimum atomic E-state index is -0.816. The zero-order valence-corrected chi connectivity index (χ0v) is 42.9. The predicted octanol–water partition coefficient (Wildman–Crippen LogP) is 18.1. The number of unbranched alkanes of at least 4 members (excludes halogenated alkanes) is 21. The van der Waals surface area contributed by atoms with Crippen LogP contribution in [0.4, 0.5) is 0 Å². The van der Waals surface area contributed by atoms with Crippen molar-refractivity contribution in [2.45, 2.75) is 252 Å². The minimum absolute atomic E-state index is 0.109. The fourth-order valence-corrected chi connectivity index (χ4v) is 7.21. The van der Waals surface area contributed by atoms with Gasteiger partial charge in [0, 0.05) is 19.3 Å². The van der Waals surface area contributed by atoms with Crippen molar-refractivity contribution in [3.63, 3.8) is 0 Å². The number of hydrogen-bond donors (Lipinski definition) is 0. The van der Waals surface area contributed by atoms with Gasteiger partial charge < -0.3 is 14.2 Å². The van der Waals surface area contributed by atoms with E-state index >= 15 is 0 Å². The molecule has 0 heterocycles. The number of rotatable bonds is 48. The second-order valence-corrected chi connectivity index (χ2v) is 17.7. The van der Waals surface area contributed by atoms with Crippen molar-refractivity contribution in [3.05, 3.63) is 97.2 Å². The average molecular weight is 917 g/mol. The normalized spacial score (nSPS) is 12.8. The number of hydrogen-bond acceptors (Lipinski definition) is 6. The van der Waals surface area contributed by atoms with E-state index in [0.29, 0.717) is 19.3 Å². The number of carbonyl (C=O) groups excluding carboxylic acids is 3. The molecule has 0 saturated heterocycles. The van der Waals surface area contributed by atoms with E-state index in [0.717, 1.165) is 103 Å². The summed E-state index contributed by atoms with van der Waals surface area (Å²) < 4.78 is 16.7. The fraction of sp³-hybridized carbons (Fsp3) is 0.683. The van der Waals surface area contributed by atoms with E-state index in [9.17, 15) is 14.4 Å². The molecule has 1 unspecified atom stereocenters. The molecule has 0 aliphatic rings. The Balaban J connectivity index is 4.49. The molecule has 6 heteroatoms. The molecule has 0 spiro atoms. The van der Waals surface area contributed by atoms with E-state index in [4.69, 9.17) is 14.2 Å². The molecule has 376 valence electrons. The first-order valence-electron chi connectivity index (χ1n) is 27.2. The lowest BCUT2D eigenvalue weighted by Crippen LogP contribution is -2.30. The molecule has 0 aliphatic carbocycles. The van der Waals surface area contributed by atoms with Gasteiger partial charge in [-0.2, -0.15) is 0 Å². The monoisotopic (exact) mass is 917 g/mol. The number of carbonyl (C=O) groups is 3. The molecule has 0 aromatic carbocycles. The van der Waals surface area contributed by atoms with Crippen LogP contribution in [0.3, 0.4) is 0 Å². The van der Waals surface area contributed by atoms with Crippen molar-refractivity contribution < 1.29 is 28.6 Å². The molecule has 0 aliphatic heterocycles. The molecule has 0 rings (SSSR count). The summed E-state index contributed by atoms with van der Waals surface area (Å²) in [4.78, 5) is 38.0. The number of allylic oxidation sites excluding steroid dienone is 16. The van der Waals surface area contributed by atoms with Crippen LogP contribution in [0.2, 0.25) is 0 Å². The lowest BCUT2D eigenvalue weighted by Gasteiger charge is -2.18. The maximum atomic E-state index is 12.8. The van der Waals surface area contributed by atoms with E-state index in [2.05, 4.69) is 112 Å². The Bertz CT molecular complexity index is 1330. The molecular weight excluding hydrogens is 817 g/mol. The number of ether oxygens (including phenoxy) is 3. The molecule has 1 atom stereocenters. The van der Waals surface area contributed by atoms with E-state index in [1.807, 2.05) is 6.08 Å². The van der Waals surface area contributed by atoms with Crippen LogP contribution < -0.4 is 0 Å². The van der Waals surface area contributed by atoms with Gasteiger partial charge in [0.1, 0.15) is 13.2 Å². The summed E-state index contributed by atoms with van der Waals surface area (Å²) in [5.41, 5.74) is 0. The van der Waals surface area contributed by atoms with Crippen LogP contribution in [0.1, 0.15) is 245 Å². The third kappa shape index (κ3) is 51.3. The molecule has 66 heavy (non-hydrogen) atoms. The molecule has 0 N–H and O–H groups in total.